The van der Waals surface area contributed by atoms with Crippen molar-refractivity contribution in [2.24, 2.45) is 11.1 Å². The predicted octanol–water partition coefficient (Wildman–Crippen LogP) is 3.02. The molecular weight excluding hydrogens is 300 g/mol. The first-order chi connectivity index (χ1) is 9.80. The van der Waals surface area contributed by atoms with Crippen LogP contribution in [0.3, 0.4) is 0 Å². The highest BCUT2D eigenvalue weighted by atomic mass is 35.5. The fourth-order valence-electron chi connectivity index (χ4n) is 2.18. The van der Waals surface area contributed by atoms with Crippen LogP contribution in [-0.2, 0) is 4.79 Å². The van der Waals surface area contributed by atoms with Gasteiger partial charge in [-0.05, 0) is 36.9 Å². The molecule has 1 atom stereocenters. The molecule has 0 saturated heterocycles. The van der Waals surface area contributed by atoms with E-state index in [4.69, 9.17) is 10.5 Å². The fourth-order valence-corrected chi connectivity index (χ4v) is 2.18. The second-order valence-electron chi connectivity index (χ2n) is 6.34. The Morgan fingerprint density at radius 3 is 2.45 bits per heavy atom. The average molecular weight is 329 g/mol. The van der Waals surface area contributed by atoms with Crippen LogP contribution in [0.4, 0.5) is 0 Å². The summed E-state index contributed by atoms with van der Waals surface area (Å²) in [6, 6.07) is 7.75. The minimum Gasteiger partial charge on any atom is -0.480 e. The van der Waals surface area contributed by atoms with Gasteiger partial charge in [0.05, 0.1) is 0 Å². The van der Waals surface area contributed by atoms with Crippen LogP contribution in [0.1, 0.15) is 32.8 Å². The van der Waals surface area contributed by atoms with Gasteiger partial charge in [-0.2, -0.15) is 0 Å². The predicted molar refractivity (Wildman–Crippen MR) is 93.6 cm³/mol. The first kappa shape index (κ1) is 20.7. The zero-order chi connectivity index (χ0) is 16.0. The molecule has 1 rings (SSSR count). The summed E-state index contributed by atoms with van der Waals surface area (Å²) in [5.41, 5.74) is 6.68. The van der Waals surface area contributed by atoms with Gasteiger partial charge in [-0.25, -0.2) is 0 Å². The molecule has 0 bridgehead atoms. The highest BCUT2D eigenvalue weighted by molar-refractivity contribution is 5.85. The van der Waals surface area contributed by atoms with Crippen LogP contribution < -0.4 is 10.5 Å². The molecule has 0 aliphatic heterocycles. The van der Waals surface area contributed by atoms with Crippen molar-refractivity contribution in [3.8, 4) is 5.75 Å². The molecule has 0 fully saturated rings. The third-order valence-electron chi connectivity index (χ3n) is 3.60. The molecule has 126 valence electrons. The lowest BCUT2D eigenvalue weighted by molar-refractivity contribution is -0.138. The third kappa shape index (κ3) is 5.85. The standard InChI is InChI=1S/C17H28N2O2.ClH/c1-6-14(21-15-10-8-7-9-13(15)2)16(20)19(5)12-17(3,4)11-18;/h7-10,14H,6,11-12,18H2,1-5H3;1H. The van der Waals surface area contributed by atoms with Crippen molar-refractivity contribution in [1.82, 2.24) is 4.90 Å². The number of benzene rings is 1. The SMILES string of the molecule is CCC(Oc1ccccc1C)C(=O)N(C)CC(C)(C)CN.Cl. The van der Waals surface area contributed by atoms with E-state index in [0.29, 0.717) is 19.5 Å². The summed E-state index contributed by atoms with van der Waals surface area (Å²) in [4.78, 5) is 14.3. The minimum atomic E-state index is -0.454. The lowest BCUT2D eigenvalue weighted by Crippen LogP contribution is -2.45. The molecule has 5 heteroatoms. The number of nitrogens with zero attached hydrogens (tertiary/aromatic N) is 1. The molecule has 0 aliphatic carbocycles. The maximum atomic E-state index is 12.5. The zero-order valence-electron chi connectivity index (χ0n) is 14.3. The van der Waals surface area contributed by atoms with E-state index in [1.54, 1.807) is 4.90 Å². The van der Waals surface area contributed by atoms with E-state index < -0.39 is 6.10 Å². The van der Waals surface area contributed by atoms with Crippen molar-refractivity contribution < 1.29 is 9.53 Å². The normalized spacial score (nSPS) is 12.3. The van der Waals surface area contributed by atoms with Gasteiger partial charge in [-0.3, -0.25) is 4.79 Å². The number of rotatable bonds is 7. The van der Waals surface area contributed by atoms with E-state index in [2.05, 4.69) is 13.8 Å². The Morgan fingerprint density at radius 1 is 1.36 bits per heavy atom. The van der Waals surface area contributed by atoms with Gasteiger partial charge in [-0.15, -0.1) is 12.4 Å². The van der Waals surface area contributed by atoms with Gasteiger partial charge in [-0.1, -0.05) is 39.0 Å². The van der Waals surface area contributed by atoms with Gasteiger partial charge in [0.2, 0.25) is 0 Å². The number of amides is 1. The summed E-state index contributed by atoms with van der Waals surface area (Å²) in [5, 5.41) is 0. The molecule has 0 heterocycles. The molecule has 0 aliphatic rings. The number of nitrogens with two attached hydrogens (primary N) is 1. The van der Waals surface area contributed by atoms with Crippen molar-refractivity contribution >= 4 is 18.3 Å². The van der Waals surface area contributed by atoms with Gasteiger partial charge >= 0.3 is 0 Å². The van der Waals surface area contributed by atoms with Gasteiger partial charge in [0, 0.05) is 13.6 Å². The Hall–Kier alpha value is -1.26. The Kier molecular flexibility index (Phi) is 8.49. The second-order valence-corrected chi connectivity index (χ2v) is 6.34. The number of hydrogen-bond acceptors (Lipinski definition) is 3. The molecule has 0 spiro atoms. The molecule has 0 radical (unpaired) electrons. The number of ether oxygens (including phenoxy) is 1. The number of carbonyl (C=O) groups excluding carboxylic acids is 1. The number of hydrogen-bond donors (Lipinski definition) is 1. The second kappa shape index (κ2) is 9.01. The molecule has 1 amide bonds. The maximum Gasteiger partial charge on any atom is 0.263 e. The molecule has 0 aromatic heterocycles. The third-order valence-corrected chi connectivity index (χ3v) is 3.60. The molecule has 1 aromatic rings. The maximum absolute atomic E-state index is 12.5. The number of halogens is 1. The summed E-state index contributed by atoms with van der Waals surface area (Å²) in [6.07, 6.45) is 0.185. The monoisotopic (exact) mass is 328 g/mol. The van der Waals surface area contributed by atoms with Crippen LogP contribution in [0.15, 0.2) is 24.3 Å². The Bertz CT molecular complexity index is 477. The molecule has 0 saturated carbocycles. The fraction of sp³-hybridized carbons (Fsp3) is 0.588. The van der Waals surface area contributed by atoms with Crippen LogP contribution in [0.25, 0.3) is 0 Å². The van der Waals surface area contributed by atoms with Crippen LogP contribution in [0, 0.1) is 12.3 Å². The number of para-hydroxylation sites is 1. The van der Waals surface area contributed by atoms with Crippen molar-refractivity contribution in [3.63, 3.8) is 0 Å². The van der Waals surface area contributed by atoms with Crippen molar-refractivity contribution in [3.05, 3.63) is 29.8 Å². The van der Waals surface area contributed by atoms with E-state index in [9.17, 15) is 4.79 Å². The van der Waals surface area contributed by atoms with E-state index in [-0.39, 0.29) is 23.7 Å². The minimum absolute atomic E-state index is 0. The molecule has 4 nitrogen and oxygen atoms in total. The van der Waals surface area contributed by atoms with Crippen molar-refractivity contribution in [2.75, 3.05) is 20.1 Å². The molecular formula is C17H29ClN2O2. The van der Waals surface area contributed by atoms with Crippen LogP contribution in [0.2, 0.25) is 0 Å². The zero-order valence-corrected chi connectivity index (χ0v) is 15.1. The first-order valence-corrected chi connectivity index (χ1v) is 7.48. The number of likely N-dealkylation sites (N-methyl/N-ethyl adjacent to an activating group) is 1. The van der Waals surface area contributed by atoms with Gasteiger partial charge in [0.25, 0.3) is 5.91 Å². The van der Waals surface area contributed by atoms with Crippen LogP contribution in [-0.4, -0.2) is 37.0 Å². The van der Waals surface area contributed by atoms with Crippen LogP contribution in [0.5, 0.6) is 5.75 Å². The van der Waals surface area contributed by atoms with Gasteiger partial charge in [0.1, 0.15) is 5.75 Å². The molecule has 1 unspecified atom stereocenters. The van der Waals surface area contributed by atoms with Gasteiger partial charge < -0.3 is 15.4 Å². The van der Waals surface area contributed by atoms with Crippen molar-refractivity contribution in [1.29, 1.82) is 0 Å². The highest BCUT2D eigenvalue weighted by Crippen LogP contribution is 2.20. The largest absolute Gasteiger partial charge is 0.480 e. The summed E-state index contributed by atoms with van der Waals surface area (Å²) in [7, 11) is 1.81. The lowest BCUT2D eigenvalue weighted by Gasteiger charge is -2.31. The van der Waals surface area contributed by atoms with Crippen molar-refractivity contribution in [2.45, 2.75) is 40.2 Å². The highest BCUT2D eigenvalue weighted by Gasteiger charge is 2.27. The van der Waals surface area contributed by atoms with Gasteiger partial charge in [0.15, 0.2) is 6.10 Å². The summed E-state index contributed by atoms with van der Waals surface area (Å²) >= 11 is 0. The topological polar surface area (TPSA) is 55.6 Å². The quantitative estimate of drug-likeness (QED) is 0.837. The lowest BCUT2D eigenvalue weighted by atomic mass is 9.93. The Labute approximate surface area is 140 Å². The van der Waals surface area contributed by atoms with E-state index in [0.717, 1.165) is 11.3 Å². The average Bonchev–Trinajstić information content (AvgIpc) is 2.45. The summed E-state index contributed by atoms with van der Waals surface area (Å²) < 4.78 is 5.90. The van der Waals surface area contributed by atoms with Crippen LogP contribution >= 0.6 is 12.4 Å². The summed E-state index contributed by atoms with van der Waals surface area (Å²) in [6.45, 7) is 9.21. The van der Waals surface area contributed by atoms with E-state index in [1.165, 1.54) is 0 Å². The molecule has 2 N–H and O–H groups in total. The number of carbonyl (C=O) groups is 1. The molecule has 1 aromatic carbocycles. The first-order valence-electron chi connectivity index (χ1n) is 7.48. The Balaban J connectivity index is 0.00000441. The number of aryl methyl sites for hydroxylation is 1. The van der Waals surface area contributed by atoms with E-state index in [1.807, 2.05) is 45.2 Å². The Morgan fingerprint density at radius 2 is 1.95 bits per heavy atom. The summed E-state index contributed by atoms with van der Waals surface area (Å²) in [5.74, 6) is 0.770. The van der Waals surface area contributed by atoms with E-state index >= 15 is 0 Å². The molecule has 22 heavy (non-hydrogen) atoms. The smallest absolute Gasteiger partial charge is 0.263 e.